The molecule has 0 saturated heterocycles. The van der Waals surface area contributed by atoms with Gasteiger partial charge in [0.1, 0.15) is 0 Å². The van der Waals surface area contributed by atoms with Gasteiger partial charge in [-0.1, -0.05) is 109 Å². The van der Waals surface area contributed by atoms with E-state index in [0.29, 0.717) is 22.3 Å². The number of carbonyl (C=O) groups is 4. The van der Waals surface area contributed by atoms with Gasteiger partial charge in [0, 0.05) is 11.1 Å². The Morgan fingerprint density at radius 2 is 0.773 bits per heavy atom. The number of esters is 2. The summed E-state index contributed by atoms with van der Waals surface area (Å²) in [6, 6.07) is 39.4. The number of rotatable bonds is 9. The lowest BCUT2D eigenvalue weighted by molar-refractivity contribution is 0.0470. The molecule has 6 aromatic rings. The van der Waals surface area contributed by atoms with Crippen LogP contribution >= 0.6 is 0 Å². The van der Waals surface area contributed by atoms with E-state index in [2.05, 4.69) is 0 Å². The fourth-order valence-corrected chi connectivity index (χ4v) is 5.10. The van der Waals surface area contributed by atoms with Gasteiger partial charge in [0.05, 0.1) is 11.1 Å². The zero-order chi connectivity index (χ0) is 30.5. The van der Waals surface area contributed by atoms with Crippen molar-refractivity contribution in [2.45, 2.75) is 0 Å². The Morgan fingerprint density at radius 1 is 0.409 bits per heavy atom. The molecule has 0 heterocycles. The van der Waals surface area contributed by atoms with Crippen LogP contribution in [0.25, 0.3) is 32.7 Å². The Balaban J connectivity index is 1.16. The summed E-state index contributed by atoms with van der Waals surface area (Å²) >= 11 is 0. The van der Waals surface area contributed by atoms with E-state index in [1.165, 1.54) is 0 Å². The second-order valence-electron chi connectivity index (χ2n) is 10.2. The lowest BCUT2D eigenvalue weighted by Crippen LogP contribution is -2.16. The first kappa shape index (κ1) is 28.2. The van der Waals surface area contributed by atoms with Crippen LogP contribution < -0.4 is 0 Å². The summed E-state index contributed by atoms with van der Waals surface area (Å²) in [5.41, 5.74) is 2.12. The third kappa shape index (κ3) is 6.01. The van der Waals surface area contributed by atoms with Gasteiger partial charge in [0.15, 0.2) is 24.8 Å². The van der Waals surface area contributed by atoms with Crippen molar-refractivity contribution < 1.29 is 28.7 Å². The largest absolute Gasteiger partial charge is 0.454 e. The van der Waals surface area contributed by atoms with Crippen molar-refractivity contribution in [2.24, 2.45) is 0 Å². The summed E-state index contributed by atoms with van der Waals surface area (Å²) in [5, 5.41) is 3.84. The minimum absolute atomic E-state index is 0.186. The zero-order valence-corrected chi connectivity index (χ0v) is 23.6. The first-order valence-corrected chi connectivity index (χ1v) is 14.0. The fraction of sp³-hybridized carbons (Fsp3) is 0.0526. The molecule has 0 aliphatic carbocycles. The highest BCUT2D eigenvalue weighted by molar-refractivity contribution is 6.06. The third-order valence-corrected chi connectivity index (χ3v) is 7.40. The van der Waals surface area contributed by atoms with Crippen LogP contribution in [0.5, 0.6) is 0 Å². The molecule has 0 N–H and O–H groups in total. The molecule has 0 fully saturated rings. The molecule has 0 aliphatic heterocycles. The molecular formula is C38H26O6. The number of ether oxygens (including phenoxy) is 2. The van der Waals surface area contributed by atoms with E-state index in [4.69, 9.17) is 9.47 Å². The van der Waals surface area contributed by atoms with Crippen LogP contribution in [0.2, 0.25) is 0 Å². The molecule has 0 amide bonds. The van der Waals surface area contributed by atoms with Crippen molar-refractivity contribution in [3.63, 3.8) is 0 Å². The average molecular weight is 579 g/mol. The number of carbonyl (C=O) groups excluding carboxylic acids is 4. The van der Waals surface area contributed by atoms with Crippen LogP contribution in [-0.4, -0.2) is 36.7 Å². The molecule has 0 radical (unpaired) electrons. The van der Waals surface area contributed by atoms with Crippen molar-refractivity contribution in [2.75, 3.05) is 13.2 Å². The minimum atomic E-state index is -0.704. The van der Waals surface area contributed by atoms with E-state index in [-0.39, 0.29) is 22.7 Å². The van der Waals surface area contributed by atoms with Gasteiger partial charge in [-0.25, -0.2) is 9.59 Å². The highest BCUT2D eigenvalue weighted by Gasteiger charge is 2.21. The van der Waals surface area contributed by atoms with Gasteiger partial charge in [0.25, 0.3) is 0 Å². The second-order valence-corrected chi connectivity index (χ2v) is 10.2. The van der Waals surface area contributed by atoms with Crippen LogP contribution in [0.3, 0.4) is 0 Å². The molecule has 0 spiro atoms. The number of hydrogen-bond donors (Lipinski definition) is 0. The standard InChI is InChI=1S/C38H26O6/c39-35(29-19-17-25-9-1-3-11-27(25)21-29)23-43-37(41)33-15-7-5-13-31(33)32-14-6-8-16-34(32)38(42)44-24-36(40)30-20-18-26-10-2-4-12-28(26)22-30/h1-22H,23-24H2. The molecule has 0 unspecified atom stereocenters. The summed E-state index contributed by atoms with van der Waals surface area (Å²) in [5.74, 6) is -2.07. The Labute approximate surface area is 253 Å². The lowest BCUT2D eigenvalue weighted by atomic mass is 9.95. The number of fused-ring (bicyclic) bond motifs is 2. The first-order valence-electron chi connectivity index (χ1n) is 14.0. The van der Waals surface area contributed by atoms with Crippen molar-refractivity contribution in [1.82, 2.24) is 0 Å². The molecule has 6 rings (SSSR count). The summed E-state index contributed by atoms with van der Waals surface area (Å²) in [7, 11) is 0. The maximum absolute atomic E-state index is 13.2. The molecular weight excluding hydrogens is 552 g/mol. The molecule has 44 heavy (non-hydrogen) atoms. The summed E-state index contributed by atoms with van der Waals surface area (Å²) in [4.78, 5) is 52.1. The smallest absolute Gasteiger partial charge is 0.339 e. The van der Waals surface area contributed by atoms with Gasteiger partial charge in [-0.05, 0) is 56.9 Å². The summed E-state index contributed by atoms with van der Waals surface area (Å²) < 4.78 is 10.9. The Morgan fingerprint density at radius 3 is 1.20 bits per heavy atom. The van der Waals surface area contributed by atoms with Crippen LogP contribution in [-0.2, 0) is 9.47 Å². The second kappa shape index (κ2) is 12.5. The molecule has 0 aromatic heterocycles. The van der Waals surface area contributed by atoms with Crippen LogP contribution in [0.1, 0.15) is 41.4 Å². The van der Waals surface area contributed by atoms with Gasteiger partial charge in [-0.2, -0.15) is 0 Å². The van der Waals surface area contributed by atoms with Crippen molar-refractivity contribution in [1.29, 1.82) is 0 Å². The lowest BCUT2D eigenvalue weighted by Gasteiger charge is -2.13. The van der Waals surface area contributed by atoms with Crippen molar-refractivity contribution >= 4 is 45.0 Å². The van der Waals surface area contributed by atoms with Gasteiger partial charge < -0.3 is 9.47 Å². The van der Waals surface area contributed by atoms with Crippen LogP contribution in [0.4, 0.5) is 0 Å². The fourth-order valence-electron chi connectivity index (χ4n) is 5.10. The maximum atomic E-state index is 13.2. The number of ketones is 2. The molecule has 6 nitrogen and oxygen atoms in total. The summed E-state index contributed by atoms with van der Waals surface area (Å²) in [6.45, 7) is -0.877. The van der Waals surface area contributed by atoms with Crippen LogP contribution in [0, 0.1) is 0 Å². The van der Waals surface area contributed by atoms with Gasteiger partial charge in [0.2, 0.25) is 0 Å². The van der Waals surface area contributed by atoms with Gasteiger partial charge in [-0.15, -0.1) is 0 Å². The van der Waals surface area contributed by atoms with Crippen molar-refractivity contribution in [3.8, 4) is 11.1 Å². The normalized spacial score (nSPS) is 10.8. The minimum Gasteiger partial charge on any atom is -0.454 e. The van der Waals surface area contributed by atoms with Gasteiger partial charge >= 0.3 is 11.9 Å². The Kier molecular flexibility index (Phi) is 8.06. The molecule has 0 bridgehead atoms. The monoisotopic (exact) mass is 578 g/mol. The Hall–Kier alpha value is -5.88. The SMILES string of the molecule is O=C(COC(=O)c1ccccc1-c1ccccc1C(=O)OCC(=O)c1ccc2ccccc2c1)c1ccc2ccccc2c1. The predicted octanol–water partition coefficient (Wildman–Crippen LogP) is 7.74. The highest BCUT2D eigenvalue weighted by Crippen LogP contribution is 2.29. The first-order chi connectivity index (χ1) is 21.5. The molecule has 6 aromatic carbocycles. The third-order valence-electron chi connectivity index (χ3n) is 7.40. The van der Waals surface area contributed by atoms with E-state index >= 15 is 0 Å². The molecule has 214 valence electrons. The van der Waals surface area contributed by atoms with E-state index in [0.717, 1.165) is 21.5 Å². The molecule has 0 saturated carbocycles. The van der Waals surface area contributed by atoms with Crippen LogP contribution in [0.15, 0.2) is 133 Å². The molecule has 0 atom stereocenters. The molecule has 0 aliphatic rings. The van der Waals surface area contributed by atoms with E-state index in [1.54, 1.807) is 72.8 Å². The topological polar surface area (TPSA) is 86.7 Å². The maximum Gasteiger partial charge on any atom is 0.339 e. The van der Waals surface area contributed by atoms with Gasteiger partial charge in [-0.3, -0.25) is 9.59 Å². The zero-order valence-electron chi connectivity index (χ0n) is 23.6. The quantitative estimate of drug-likeness (QED) is 0.129. The molecule has 6 heteroatoms. The van der Waals surface area contributed by atoms with E-state index < -0.39 is 25.2 Å². The average Bonchev–Trinajstić information content (AvgIpc) is 3.08. The summed E-state index contributed by atoms with van der Waals surface area (Å²) in [6.07, 6.45) is 0. The van der Waals surface area contributed by atoms with Crippen molar-refractivity contribution in [3.05, 3.63) is 156 Å². The number of hydrogen-bond acceptors (Lipinski definition) is 6. The van der Waals surface area contributed by atoms with E-state index in [1.807, 2.05) is 60.7 Å². The number of Topliss-reactive ketones (excluding diaryl/α,β-unsaturated/α-hetero) is 2. The predicted molar refractivity (Wildman–Crippen MR) is 169 cm³/mol. The van der Waals surface area contributed by atoms with E-state index in [9.17, 15) is 19.2 Å². The highest BCUT2D eigenvalue weighted by atomic mass is 16.5. The number of benzene rings is 6. The Bertz CT molecular complexity index is 1910.